The van der Waals surface area contributed by atoms with Crippen LogP contribution in [0.2, 0.25) is 0 Å². The molecular formula is C9H7BrF3N3O. The zero-order chi connectivity index (χ0) is 13.1. The number of nitrogens with zero attached hydrogens (tertiary/aromatic N) is 1. The van der Waals surface area contributed by atoms with Crippen LogP contribution in [0.15, 0.2) is 27.8 Å². The molecule has 0 atom stereocenters. The van der Waals surface area contributed by atoms with Crippen LogP contribution in [0.5, 0.6) is 0 Å². The van der Waals surface area contributed by atoms with Crippen molar-refractivity contribution in [2.24, 2.45) is 10.8 Å². The van der Waals surface area contributed by atoms with Gasteiger partial charge in [0.2, 0.25) is 0 Å². The van der Waals surface area contributed by atoms with Crippen molar-refractivity contribution in [3.63, 3.8) is 0 Å². The van der Waals surface area contributed by atoms with Gasteiger partial charge in [-0.2, -0.15) is 18.3 Å². The van der Waals surface area contributed by atoms with E-state index in [1.807, 2.05) is 5.43 Å². The summed E-state index contributed by atoms with van der Waals surface area (Å²) in [5, 5.41) is 3.38. The molecule has 1 aromatic rings. The highest BCUT2D eigenvalue weighted by Gasteiger charge is 2.33. The average molecular weight is 310 g/mol. The van der Waals surface area contributed by atoms with Gasteiger partial charge >= 0.3 is 12.2 Å². The van der Waals surface area contributed by atoms with E-state index >= 15 is 0 Å². The van der Waals surface area contributed by atoms with Crippen molar-refractivity contribution < 1.29 is 18.0 Å². The number of hydrazone groups is 1. The average Bonchev–Trinajstić information content (AvgIpc) is 2.18. The van der Waals surface area contributed by atoms with Crippen LogP contribution in [0.3, 0.4) is 0 Å². The Morgan fingerprint density at radius 2 is 2.12 bits per heavy atom. The zero-order valence-corrected chi connectivity index (χ0v) is 9.84. The molecule has 0 spiro atoms. The second-order valence-electron chi connectivity index (χ2n) is 2.94. The quantitative estimate of drug-likeness (QED) is 0.639. The predicted molar refractivity (Wildman–Crippen MR) is 59.5 cm³/mol. The molecule has 0 radical (unpaired) electrons. The van der Waals surface area contributed by atoms with Gasteiger partial charge in [0.05, 0.1) is 11.8 Å². The Labute approximate surface area is 103 Å². The molecule has 0 aromatic heterocycles. The van der Waals surface area contributed by atoms with Gasteiger partial charge in [0, 0.05) is 10.0 Å². The van der Waals surface area contributed by atoms with E-state index in [0.717, 1.165) is 12.3 Å². The number of nitrogens with one attached hydrogen (secondary N) is 1. The van der Waals surface area contributed by atoms with Crippen LogP contribution in [0.25, 0.3) is 0 Å². The Kier molecular flexibility index (Phi) is 4.11. The molecule has 0 saturated carbocycles. The number of benzene rings is 1. The number of hydrogen-bond acceptors (Lipinski definition) is 2. The second-order valence-corrected chi connectivity index (χ2v) is 3.73. The van der Waals surface area contributed by atoms with Crippen LogP contribution >= 0.6 is 15.9 Å². The van der Waals surface area contributed by atoms with Gasteiger partial charge in [-0.25, -0.2) is 10.2 Å². The van der Waals surface area contributed by atoms with Crippen molar-refractivity contribution in [1.29, 1.82) is 0 Å². The number of alkyl halides is 3. The van der Waals surface area contributed by atoms with Crippen molar-refractivity contribution in [1.82, 2.24) is 5.43 Å². The van der Waals surface area contributed by atoms with Crippen LogP contribution in [-0.2, 0) is 6.18 Å². The molecule has 0 unspecified atom stereocenters. The minimum Gasteiger partial charge on any atom is -0.350 e. The van der Waals surface area contributed by atoms with Gasteiger partial charge in [0.1, 0.15) is 0 Å². The largest absolute Gasteiger partial charge is 0.417 e. The Bertz CT molecular complexity index is 459. The highest BCUT2D eigenvalue weighted by molar-refractivity contribution is 9.10. The SMILES string of the molecule is NC(=O)NN=Cc1cccc(C(F)(F)F)c1Br. The van der Waals surface area contributed by atoms with E-state index in [4.69, 9.17) is 5.73 Å². The van der Waals surface area contributed by atoms with E-state index in [2.05, 4.69) is 21.0 Å². The molecule has 92 valence electrons. The minimum atomic E-state index is -4.46. The van der Waals surface area contributed by atoms with Crippen LogP contribution in [0, 0.1) is 0 Å². The monoisotopic (exact) mass is 309 g/mol. The number of urea groups is 1. The van der Waals surface area contributed by atoms with Gasteiger partial charge in [-0.3, -0.25) is 0 Å². The summed E-state index contributed by atoms with van der Waals surface area (Å²) in [7, 11) is 0. The Hall–Kier alpha value is -1.57. The van der Waals surface area contributed by atoms with E-state index in [1.165, 1.54) is 12.1 Å². The molecule has 17 heavy (non-hydrogen) atoms. The maximum atomic E-state index is 12.5. The molecule has 4 nitrogen and oxygen atoms in total. The number of amides is 2. The van der Waals surface area contributed by atoms with Crippen LogP contribution in [-0.4, -0.2) is 12.2 Å². The van der Waals surface area contributed by atoms with Gasteiger partial charge in [0.25, 0.3) is 0 Å². The van der Waals surface area contributed by atoms with Crippen LogP contribution < -0.4 is 11.2 Å². The lowest BCUT2D eigenvalue weighted by Gasteiger charge is -2.10. The first-order valence-corrected chi connectivity index (χ1v) is 5.06. The summed E-state index contributed by atoms with van der Waals surface area (Å²) in [6.07, 6.45) is -3.40. The summed E-state index contributed by atoms with van der Waals surface area (Å²) >= 11 is 2.83. The maximum Gasteiger partial charge on any atom is 0.417 e. The standard InChI is InChI=1S/C9H7BrF3N3O/c10-7-5(4-15-16-8(14)17)2-1-3-6(7)9(11,12)13/h1-4H,(H3,14,16,17). The number of carbonyl (C=O) groups excluding carboxylic acids is 1. The molecule has 8 heteroatoms. The molecule has 3 N–H and O–H groups in total. The van der Waals surface area contributed by atoms with Gasteiger partial charge in [-0.05, 0) is 22.0 Å². The summed E-state index contributed by atoms with van der Waals surface area (Å²) in [6, 6.07) is 2.68. The Morgan fingerprint density at radius 1 is 1.47 bits per heavy atom. The minimum absolute atomic E-state index is 0.150. The van der Waals surface area contributed by atoms with E-state index in [-0.39, 0.29) is 10.0 Å². The predicted octanol–water partition coefficient (Wildman–Crippen LogP) is 2.47. The van der Waals surface area contributed by atoms with Crippen LogP contribution in [0.4, 0.5) is 18.0 Å². The molecule has 0 heterocycles. The van der Waals surface area contributed by atoms with Gasteiger partial charge < -0.3 is 5.73 Å². The Morgan fingerprint density at radius 3 is 2.65 bits per heavy atom. The first-order valence-electron chi connectivity index (χ1n) is 4.26. The maximum absolute atomic E-state index is 12.5. The lowest BCUT2D eigenvalue weighted by molar-refractivity contribution is -0.138. The molecular weight excluding hydrogens is 303 g/mol. The van der Waals surface area contributed by atoms with Gasteiger partial charge in [-0.1, -0.05) is 12.1 Å². The van der Waals surface area contributed by atoms with Crippen molar-refractivity contribution in [2.45, 2.75) is 6.18 Å². The summed E-state index contributed by atoms with van der Waals surface area (Å²) in [6.45, 7) is 0. The smallest absolute Gasteiger partial charge is 0.350 e. The summed E-state index contributed by atoms with van der Waals surface area (Å²) in [5.41, 5.74) is 5.98. The fourth-order valence-electron chi connectivity index (χ4n) is 1.03. The third-order valence-electron chi connectivity index (χ3n) is 1.71. The van der Waals surface area contributed by atoms with Gasteiger partial charge in [-0.15, -0.1) is 0 Å². The molecule has 0 fully saturated rings. The van der Waals surface area contributed by atoms with Crippen molar-refractivity contribution >= 4 is 28.2 Å². The van der Waals surface area contributed by atoms with E-state index < -0.39 is 17.8 Å². The van der Waals surface area contributed by atoms with E-state index in [1.54, 1.807) is 0 Å². The number of primary amides is 1. The third kappa shape index (κ3) is 3.74. The number of halogens is 4. The molecule has 0 bridgehead atoms. The summed E-state index contributed by atoms with van der Waals surface area (Å²) in [5.74, 6) is 0. The highest BCUT2D eigenvalue weighted by atomic mass is 79.9. The molecule has 0 aliphatic carbocycles. The number of carbonyl (C=O) groups is 1. The van der Waals surface area contributed by atoms with Gasteiger partial charge in [0.15, 0.2) is 0 Å². The van der Waals surface area contributed by atoms with Crippen molar-refractivity contribution in [3.8, 4) is 0 Å². The zero-order valence-electron chi connectivity index (χ0n) is 8.25. The topological polar surface area (TPSA) is 67.5 Å². The molecule has 1 aromatic carbocycles. The lowest BCUT2D eigenvalue weighted by Crippen LogP contribution is -2.24. The fraction of sp³-hybridized carbons (Fsp3) is 0.111. The van der Waals surface area contributed by atoms with Crippen molar-refractivity contribution in [3.05, 3.63) is 33.8 Å². The Balaban J connectivity index is 3.03. The third-order valence-corrected chi connectivity index (χ3v) is 2.60. The number of rotatable bonds is 2. The fourth-order valence-corrected chi connectivity index (χ4v) is 1.63. The van der Waals surface area contributed by atoms with E-state index in [9.17, 15) is 18.0 Å². The molecule has 1 rings (SSSR count). The summed E-state index contributed by atoms with van der Waals surface area (Å²) < 4.78 is 37.4. The molecule has 2 amide bonds. The lowest BCUT2D eigenvalue weighted by atomic mass is 10.1. The van der Waals surface area contributed by atoms with Crippen LogP contribution in [0.1, 0.15) is 11.1 Å². The van der Waals surface area contributed by atoms with E-state index in [0.29, 0.717) is 0 Å². The van der Waals surface area contributed by atoms with Crippen molar-refractivity contribution in [2.75, 3.05) is 0 Å². The number of hydrogen-bond donors (Lipinski definition) is 2. The molecule has 0 aliphatic heterocycles. The number of nitrogens with two attached hydrogens (primary N) is 1. The first-order chi connectivity index (χ1) is 7.82. The summed E-state index contributed by atoms with van der Waals surface area (Å²) in [4.78, 5) is 10.3. The molecule has 0 aliphatic rings. The molecule has 0 saturated heterocycles. The first kappa shape index (κ1) is 13.5. The highest BCUT2D eigenvalue weighted by Crippen LogP contribution is 2.35. The normalized spacial score (nSPS) is 11.8. The second kappa shape index (κ2) is 5.17.